The third-order valence-electron chi connectivity index (χ3n) is 4.94. The van der Waals surface area contributed by atoms with E-state index in [1.807, 2.05) is 23.6 Å². The highest BCUT2D eigenvalue weighted by atomic mass is 32.2. The van der Waals surface area contributed by atoms with Gasteiger partial charge in [0.1, 0.15) is 5.69 Å². The molecule has 0 atom stereocenters. The van der Waals surface area contributed by atoms with Gasteiger partial charge in [-0.25, -0.2) is 13.4 Å². The quantitative estimate of drug-likeness (QED) is 0.604. The molecule has 1 amide bonds. The van der Waals surface area contributed by atoms with Crippen LogP contribution >= 0.6 is 11.3 Å². The smallest absolute Gasteiger partial charge is 0.243 e. The minimum Gasteiger partial charge on any atom is -0.302 e. The van der Waals surface area contributed by atoms with Crippen molar-refractivity contribution in [1.82, 2.24) is 14.3 Å². The summed E-state index contributed by atoms with van der Waals surface area (Å²) in [5.74, 6) is -0.134. The number of thiazole rings is 1. The number of hydrogen-bond acceptors (Lipinski definition) is 6. The normalized spacial score (nSPS) is 14.7. The zero-order valence-electron chi connectivity index (χ0n) is 16.3. The van der Waals surface area contributed by atoms with E-state index in [1.54, 1.807) is 30.5 Å². The minimum absolute atomic E-state index is 0.134. The van der Waals surface area contributed by atoms with E-state index >= 15 is 0 Å². The highest BCUT2D eigenvalue weighted by molar-refractivity contribution is 7.89. The zero-order valence-corrected chi connectivity index (χ0v) is 18.0. The van der Waals surface area contributed by atoms with Crippen LogP contribution in [0.15, 0.2) is 58.9 Å². The summed E-state index contributed by atoms with van der Waals surface area (Å²) in [6, 6.07) is 12.4. The Morgan fingerprint density at radius 3 is 2.53 bits per heavy atom. The summed E-state index contributed by atoms with van der Waals surface area (Å²) >= 11 is 1.36. The summed E-state index contributed by atoms with van der Waals surface area (Å²) in [5, 5.41) is 5.21. The van der Waals surface area contributed by atoms with Gasteiger partial charge in [-0.1, -0.05) is 18.2 Å². The molecule has 3 heterocycles. The fourth-order valence-corrected chi connectivity index (χ4v) is 5.55. The third-order valence-corrected chi connectivity index (χ3v) is 7.62. The molecule has 2 aromatic heterocycles. The monoisotopic (exact) mass is 442 g/mol. The Labute approximate surface area is 179 Å². The Balaban J connectivity index is 1.31. The predicted octanol–water partition coefficient (Wildman–Crippen LogP) is 3.56. The van der Waals surface area contributed by atoms with Crippen molar-refractivity contribution in [3.05, 3.63) is 59.6 Å². The van der Waals surface area contributed by atoms with Crippen molar-refractivity contribution in [3.63, 3.8) is 0 Å². The largest absolute Gasteiger partial charge is 0.302 e. The van der Waals surface area contributed by atoms with E-state index in [2.05, 4.69) is 15.3 Å². The fraction of sp³-hybridized carbons (Fsp3) is 0.286. The maximum atomic E-state index is 12.6. The van der Waals surface area contributed by atoms with Gasteiger partial charge in [-0.05, 0) is 49.1 Å². The molecule has 1 saturated heterocycles. The van der Waals surface area contributed by atoms with Crippen molar-refractivity contribution in [1.29, 1.82) is 0 Å². The number of aryl methyl sites for hydroxylation is 1. The van der Waals surface area contributed by atoms with Crippen LogP contribution in [-0.4, -0.2) is 41.7 Å². The number of carbonyl (C=O) groups is 1. The molecular weight excluding hydrogens is 420 g/mol. The van der Waals surface area contributed by atoms with Gasteiger partial charge in [0.25, 0.3) is 0 Å². The number of hydrogen-bond donors (Lipinski definition) is 1. The van der Waals surface area contributed by atoms with Crippen molar-refractivity contribution >= 4 is 32.4 Å². The van der Waals surface area contributed by atoms with Crippen molar-refractivity contribution in [2.24, 2.45) is 0 Å². The molecule has 7 nitrogen and oxygen atoms in total. The van der Waals surface area contributed by atoms with Crippen molar-refractivity contribution in [2.75, 3.05) is 18.4 Å². The number of carbonyl (C=O) groups excluding carboxylic acids is 1. The van der Waals surface area contributed by atoms with Crippen molar-refractivity contribution in [3.8, 4) is 11.4 Å². The van der Waals surface area contributed by atoms with Crippen LogP contribution in [0.1, 0.15) is 24.8 Å². The van der Waals surface area contributed by atoms with Gasteiger partial charge in [0.15, 0.2) is 5.13 Å². The van der Waals surface area contributed by atoms with Crippen LogP contribution in [0.3, 0.4) is 0 Å². The van der Waals surface area contributed by atoms with Gasteiger partial charge < -0.3 is 5.32 Å². The Morgan fingerprint density at radius 2 is 1.83 bits per heavy atom. The summed E-state index contributed by atoms with van der Waals surface area (Å²) in [5.41, 5.74) is 2.41. The summed E-state index contributed by atoms with van der Waals surface area (Å²) < 4.78 is 26.7. The van der Waals surface area contributed by atoms with E-state index in [-0.39, 0.29) is 12.3 Å². The second-order valence-electron chi connectivity index (χ2n) is 7.06. The number of nitrogens with one attached hydrogen (secondary N) is 1. The first-order valence-corrected chi connectivity index (χ1v) is 12.1. The molecule has 0 bridgehead atoms. The van der Waals surface area contributed by atoms with Crippen LogP contribution in [0.5, 0.6) is 0 Å². The number of benzene rings is 1. The molecule has 30 heavy (non-hydrogen) atoms. The molecule has 1 aliphatic heterocycles. The molecule has 0 unspecified atom stereocenters. The lowest BCUT2D eigenvalue weighted by Crippen LogP contribution is -2.27. The first-order valence-electron chi connectivity index (χ1n) is 9.78. The van der Waals surface area contributed by atoms with E-state index in [0.717, 1.165) is 29.8 Å². The van der Waals surface area contributed by atoms with E-state index in [9.17, 15) is 13.2 Å². The molecule has 1 N–H and O–H groups in total. The molecule has 156 valence electrons. The summed E-state index contributed by atoms with van der Waals surface area (Å²) in [6.45, 7) is 1.17. The van der Waals surface area contributed by atoms with E-state index < -0.39 is 10.0 Å². The van der Waals surface area contributed by atoms with Gasteiger partial charge in [-0.15, -0.1) is 11.3 Å². The van der Waals surface area contributed by atoms with Crippen LogP contribution in [0.2, 0.25) is 0 Å². The molecule has 9 heteroatoms. The van der Waals surface area contributed by atoms with E-state index in [4.69, 9.17) is 0 Å². The highest BCUT2D eigenvalue weighted by Crippen LogP contribution is 2.24. The number of nitrogens with zero attached hydrogens (tertiary/aromatic N) is 3. The number of amides is 1. The zero-order chi connectivity index (χ0) is 21.0. The lowest BCUT2D eigenvalue weighted by molar-refractivity contribution is -0.116. The first kappa shape index (κ1) is 20.6. The first-order chi connectivity index (χ1) is 14.5. The lowest BCUT2D eigenvalue weighted by Gasteiger charge is -2.15. The highest BCUT2D eigenvalue weighted by Gasteiger charge is 2.26. The number of pyridine rings is 1. The molecule has 4 rings (SSSR count). The summed E-state index contributed by atoms with van der Waals surface area (Å²) in [4.78, 5) is 21.2. The lowest BCUT2D eigenvalue weighted by atomic mass is 10.1. The number of aromatic nitrogens is 2. The minimum atomic E-state index is -3.41. The molecule has 3 aromatic rings. The molecule has 1 aliphatic rings. The average Bonchev–Trinajstić information content (AvgIpc) is 3.46. The molecule has 0 saturated carbocycles. The van der Waals surface area contributed by atoms with E-state index in [1.165, 1.54) is 15.6 Å². The van der Waals surface area contributed by atoms with Crippen LogP contribution in [0.4, 0.5) is 5.13 Å². The molecule has 1 aromatic carbocycles. The van der Waals surface area contributed by atoms with Gasteiger partial charge in [-0.2, -0.15) is 4.31 Å². The Kier molecular flexibility index (Phi) is 6.21. The van der Waals surface area contributed by atoms with Crippen LogP contribution in [0.25, 0.3) is 11.4 Å². The number of rotatable bonds is 7. The molecule has 1 fully saturated rings. The van der Waals surface area contributed by atoms with Gasteiger partial charge in [0.05, 0.1) is 10.6 Å². The van der Waals surface area contributed by atoms with Gasteiger partial charge in [0.2, 0.25) is 15.9 Å². The van der Waals surface area contributed by atoms with Gasteiger partial charge in [0, 0.05) is 31.1 Å². The van der Waals surface area contributed by atoms with Crippen LogP contribution in [-0.2, 0) is 21.2 Å². The average molecular weight is 443 g/mol. The second kappa shape index (κ2) is 9.03. The predicted molar refractivity (Wildman–Crippen MR) is 117 cm³/mol. The maximum absolute atomic E-state index is 12.6. The molecule has 0 spiro atoms. The third kappa shape index (κ3) is 4.75. The molecular formula is C21H22N4O3S2. The Morgan fingerprint density at radius 1 is 1.07 bits per heavy atom. The van der Waals surface area contributed by atoms with Crippen LogP contribution in [0, 0.1) is 0 Å². The molecule has 0 aliphatic carbocycles. The number of sulfonamides is 1. The number of anilines is 1. The van der Waals surface area contributed by atoms with Gasteiger partial charge >= 0.3 is 0 Å². The standard InChI is InChI=1S/C21H22N4O3S2/c26-20(24-21-23-19(15-29-21)18-5-1-2-12-22-18)11-8-16-6-9-17(10-7-16)30(27,28)25-13-3-4-14-25/h1-2,5-7,9-10,12,15H,3-4,8,11,13-14H2,(H,23,24,26). The Bertz CT molecular complexity index is 1110. The summed E-state index contributed by atoms with van der Waals surface area (Å²) in [6.07, 6.45) is 4.34. The Hall–Kier alpha value is -2.62. The van der Waals surface area contributed by atoms with Crippen molar-refractivity contribution in [2.45, 2.75) is 30.6 Å². The topological polar surface area (TPSA) is 92.3 Å². The van der Waals surface area contributed by atoms with E-state index in [0.29, 0.717) is 29.5 Å². The van der Waals surface area contributed by atoms with Gasteiger partial charge in [-0.3, -0.25) is 9.78 Å². The SMILES string of the molecule is O=C(CCc1ccc(S(=O)(=O)N2CCCC2)cc1)Nc1nc(-c2ccccn2)cs1. The molecule has 0 radical (unpaired) electrons. The maximum Gasteiger partial charge on any atom is 0.243 e. The summed E-state index contributed by atoms with van der Waals surface area (Å²) in [7, 11) is -3.41. The van der Waals surface area contributed by atoms with Crippen molar-refractivity contribution < 1.29 is 13.2 Å². The second-order valence-corrected chi connectivity index (χ2v) is 9.85. The van der Waals surface area contributed by atoms with Crippen LogP contribution < -0.4 is 5.32 Å². The fourth-order valence-electron chi connectivity index (χ4n) is 3.31.